The smallest absolute Gasteiger partial charge is 0.424 e. The first-order valence-corrected chi connectivity index (χ1v) is 11.4. The summed E-state index contributed by atoms with van der Waals surface area (Å²) in [4.78, 5) is 56.6. The van der Waals surface area contributed by atoms with Crippen molar-refractivity contribution in [1.29, 1.82) is 0 Å². The van der Waals surface area contributed by atoms with Crippen molar-refractivity contribution in [2.45, 2.75) is 72.1 Å². The molecule has 0 aromatic heterocycles. The van der Waals surface area contributed by atoms with Crippen LogP contribution in [0, 0.1) is 16.0 Å². The molecule has 36 heavy (non-hydrogen) atoms. The average molecular weight is 510 g/mol. The Balaban J connectivity index is 0.000000982. The summed E-state index contributed by atoms with van der Waals surface area (Å²) in [6.07, 6.45) is 2.22. The molecule has 0 saturated carbocycles. The predicted molar refractivity (Wildman–Crippen MR) is 120 cm³/mol. The van der Waals surface area contributed by atoms with Crippen LogP contribution in [0.15, 0.2) is 12.1 Å². The number of nitro groups is 1. The highest BCUT2D eigenvalue weighted by Gasteiger charge is 2.44. The molecule has 3 rings (SSSR count). The number of carbonyl (C=O) groups is 1. The van der Waals surface area contributed by atoms with E-state index >= 15 is 0 Å². The molecule has 1 amide bonds. The van der Waals surface area contributed by atoms with Gasteiger partial charge in [-0.3, -0.25) is 10.1 Å². The van der Waals surface area contributed by atoms with Gasteiger partial charge in [0, 0.05) is 24.2 Å². The van der Waals surface area contributed by atoms with Gasteiger partial charge < -0.3 is 14.2 Å². The van der Waals surface area contributed by atoms with Gasteiger partial charge in [-0.2, -0.15) is 19.2 Å². The van der Waals surface area contributed by atoms with Gasteiger partial charge in [0.15, 0.2) is 11.5 Å². The number of benzene rings is 1. The minimum absolute atomic E-state index is 0.0152. The molecule has 0 aliphatic carbocycles. The minimum Gasteiger partial charge on any atom is -0.454 e. The molecule has 0 bridgehead atoms. The normalized spacial score (nSPS) is 17.9. The third-order valence-corrected chi connectivity index (χ3v) is 5.51. The van der Waals surface area contributed by atoms with E-state index in [2.05, 4.69) is 6.92 Å². The molecule has 1 fully saturated rings. The fraction of sp³-hybridized carbons (Fsp3) is 0.609. The number of hydrazine groups is 1. The van der Waals surface area contributed by atoms with Gasteiger partial charge in [-0.1, -0.05) is 13.3 Å². The SMILES string of the molecule is CCC[C@H]1CN(C(=O)OC(C)C)N(C(C)C)[C@@H]1Cc1cc2c(cc1[N+](=O)[O-])OCO2.O=C=O.O=C=O. The molecule has 1 aromatic rings. The molecule has 0 unspecified atom stereocenters. The Kier molecular flexibility index (Phi) is 12.2. The molecule has 198 valence electrons. The van der Waals surface area contributed by atoms with Crippen LogP contribution in [0.25, 0.3) is 0 Å². The number of rotatable bonds is 7. The van der Waals surface area contributed by atoms with Crippen LogP contribution in [0.3, 0.4) is 0 Å². The van der Waals surface area contributed by atoms with Crippen molar-refractivity contribution in [3.63, 3.8) is 0 Å². The van der Waals surface area contributed by atoms with Crippen LogP contribution in [0.2, 0.25) is 0 Å². The van der Waals surface area contributed by atoms with Crippen LogP contribution >= 0.6 is 0 Å². The monoisotopic (exact) mass is 509 g/mol. The summed E-state index contributed by atoms with van der Waals surface area (Å²) in [6, 6.07) is 3.11. The molecule has 2 atom stereocenters. The lowest BCUT2D eigenvalue weighted by atomic mass is 9.90. The van der Waals surface area contributed by atoms with E-state index in [4.69, 9.17) is 33.4 Å². The van der Waals surface area contributed by atoms with Crippen LogP contribution in [0.5, 0.6) is 11.5 Å². The maximum absolute atomic E-state index is 12.8. The van der Waals surface area contributed by atoms with Gasteiger partial charge in [-0.05, 0) is 52.5 Å². The third-order valence-electron chi connectivity index (χ3n) is 5.51. The molecule has 0 spiro atoms. The van der Waals surface area contributed by atoms with Crippen LogP contribution < -0.4 is 9.47 Å². The number of hydrogen-bond acceptors (Lipinski definition) is 11. The minimum atomic E-state index is -0.383. The Morgan fingerprint density at radius 2 is 1.69 bits per heavy atom. The Morgan fingerprint density at radius 3 is 2.17 bits per heavy atom. The fourth-order valence-electron chi connectivity index (χ4n) is 4.37. The predicted octanol–water partition coefficient (Wildman–Crippen LogP) is 2.97. The zero-order chi connectivity index (χ0) is 27.4. The molecular weight excluding hydrogens is 478 g/mol. The second kappa shape index (κ2) is 14.6. The zero-order valence-electron chi connectivity index (χ0n) is 20.9. The highest BCUT2D eigenvalue weighted by Crippen LogP contribution is 2.40. The number of hydrogen-bond donors (Lipinski definition) is 0. The van der Waals surface area contributed by atoms with E-state index in [0.717, 1.165) is 12.8 Å². The van der Waals surface area contributed by atoms with E-state index in [1.54, 1.807) is 11.1 Å². The van der Waals surface area contributed by atoms with Gasteiger partial charge in [-0.15, -0.1) is 0 Å². The van der Waals surface area contributed by atoms with Crippen molar-refractivity contribution in [1.82, 2.24) is 10.0 Å². The highest BCUT2D eigenvalue weighted by atomic mass is 16.7. The van der Waals surface area contributed by atoms with Crippen LogP contribution in [0.1, 0.15) is 53.0 Å². The number of nitro benzene ring substituents is 1. The van der Waals surface area contributed by atoms with E-state index in [1.165, 1.54) is 6.07 Å². The molecule has 0 radical (unpaired) electrons. The standard InChI is InChI=1S/C21H31N3O6.2CO2/c1-6-7-15-11-22(21(25)30-14(4)5)23(13(2)3)17(15)8-16-9-19-20(29-12-28-19)10-18(16)24(26)27;2*2-1-3/h9-10,13-15,17H,6-8,11-12H2,1-5H3;;/t15-,17+;;/m0../s1. The lowest BCUT2D eigenvalue weighted by Gasteiger charge is -2.35. The molecule has 0 N–H and O–H groups in total. The Hall–Kier alpha value is -3.79. The molecular formula is C23H31N3O10. The summed E-state index contributed by atoms with van der Waals surface area (Å²) >= 11 is 0. The third kappa shape index (κ3) is 7.88. The highest BCUT2D eigenvalue weighted by molar-refractivity contribution is 5.67. The van der Waals surface area contributed by atoms with Crippen molar-refractivity contribution in [2.75, 3.05) is 13.3 Å². The number of ether oxygens (including phenoxy) is 3. The van der Waals surface area contributed by atoms with Crippen LogP contribution in [-0.2, 0) is 30.3 Å². The quantitative estimate of drug-likeness (QED) is 0.392. The van der Waals surface area contributed by atoms with E-state index < -0.39 is 0 Å². The van der Waals surface area contributed by atoms with Gasteiger partial charge in [0.2, 0.25) is 6.79 Å². The lowest BCUT2D eigenvalue weighted by molar-refractivity contribution is -0.385. The van der Waals surface area contributed by atoms with Crippen LogP contribution in [-0.4, -0.2) is 64.9 Å². The van der Waals surface area contributed by atoms with Crippen molar-refractivity contribution < 1.29 is 43.1 Å². The second-order valence-electron chi connectivity index (χ2n) is 8.57. The molecule has 13 heteroatoms. The van der Waals surface area contributed by atoms with Crippen molar-refractivity contribution >= 4 is 24.1 Å². The lowest BCUT2D eigenvalue weighted by Crippen LogP contribution is -2.49. The Morgan fingerprint density at radius 1 is 1.14 bits per heavy atom. The Labute approximate surface area is 208 Å². The zero-order valence-corrected chi connectivity index (χ0v) is 20.9. The van der Waals surface area contributed by atoms with Gasteiger partial charge in [0.1, 0.15) is 0 Å². The van der Waals surface area contributed by atoms with E-state index in [9.17, 15) is 14.9 Å². The topological polar surface area (TPSA) is 163 Å². The summed E-state index contributed by atoms with van der Waals surface area (Å²) in [5.74, 6) is 1.10. The molecule has 2 aliphatic rings. The Bertz CT molecular complexity index is 957. The molecule has 2 heterocycles. The maximum Gasteiger partial charge on any atom is 0.424 e. The van der Waals surface area contributed by atoms with Crippen molar-refractivity contribution in [3.8, 4) is 11.5 Å². The maximum atomic E-state index is 12.8. The second-order valence-corrected chi connectivity index (χ2v) is 8.57. The number of nitrogens with zero attached hydrogens (tertiary/aromatic N) is 3. The van der Waals surface area contributed by atoms with Gasteiger partial charge in [0.25, 0.3) is 5.69 Å². The van der Waals surface area contributed by atoms with Crippen LogP contribution in [0.4, 0.5) is 10.5 Å². The van der Waals surface area contributed by atoms with Crippen molar-refractivity contribution in [3.05, 3.63) is 27.8 Å². The fourth-order valence-corrected chi connectivity index (χ4v) is 4.37. The first kappa shape index (κ1) is 30.2. The summed E-state index contributed by atoms with van der Waals surface area (Å²) in [5.41, 5.74) is 0.599. The summed E-state index contributed by atoms with van der Waals surface area (Å²) in [6.45, 7) is 10.4. The van der Waals surface area contributed by atoms with E-state index in [-0.39, 0.29) is 59.9 Å². The van der Waals surface area contributed by atoms with E-state index in [1.807, 2.05) is 32.7 Å². The first-order valence-electron chi connectivity index (χ1n) is 11.4. The largest absolute Gasteiger partial charge is 0.454 e. The molecule has 1 saturated heterocycles. The summed E-state index contributed by atoms with van der Waals surface area (Å²) in [5, 5.41) is 15.4. The number of carbonyl (C=O) groups excluding carboxylic acids is 5. The number of fused-ring (bicyclic) bond motifs is 1. The van der Waals surface area contributed by atoms with E-state index in [0.29, 0.717) is 30.0 Å². The van der Waals surface area contributed by atoms with Gasteiger partial charge >= 0.3 is 18.4 Å². The summed E-state index contributed by atoms with van der Waals surface area (Å²) < 4.78 is 16.2. The number of amides is 1. The molecule has 2 aliphatic heterocycles. The van der Waals surface area contributed by atoms with Gasteiger partial charge in [0.05, 0.1) is 17.1 Å². The molecule has 1 aromatic carbocycles. The van der Waals surface area contributed by atoms with Gasteiger partial charge in [-0.25, -0.2) is 14.8 Å². The summed E-state index contributed by atoms with van der Waals surface area (Å²) in [7, 11) is 0. The first-order chi connectivity index (χ1) is 17.1. The average Bonchev–Trinajstić information content (AvgIpc) is 3.38. The molecule has 13 nitrogen and oxygen atoms in total. The van der Waals surface area contributed by atoms with Crippen molar-refractivity contribution in [2.24, 2.45) is 5.92 Å².